The Balaban J connectivity index is 1.57. The summed E-state index contributed by atoms with van der Waals surface area (Å²) >= 11 is 1.40. The minimum absolute atomic E-state index is 0.0110. The summed E-state index contributed by atoms with van der Waals surface area (Å²) in [5, 5.41) is 5.92. The zero-order valence-corrected chi connectivity index (χ0v) is 16.6. The Morgan fingerprint density at radius 1 is 1.25 bits per heavy atom. The van der Waals surface area contributed by atoms with Crippen molar-refractivity contribution in [3.63, 3.8) is 0 Å². The molecule has 1 aromatic carbocycles. The maximum Gasteiger partial charge on any atom is 0.437 e. The van der Waals surface area contributed by atoms with Crippen LogP contribution in [0.3, 0.4) is 0 Å². The molecule has 0 aliphatic carbocycles. The van der Waals surface area contributed by atoms with Crippen molar-refractivity contribution in [3.8, 4) is 10.8 Å². The van der Waals surface area contributed by atoms with Gasteiger partial charge >= 0.3 is 11.7 Å². The predicted octanol–water partition coefficient (Wildman–Crippen LogP) is 3.39. The third kappa shape index (κ3) is 4.45. The number of hydrogen-bond donors (Lipinski definition) is 0. The monoisotopic (exact) mass is 400 g/mol. The van der Waals surface area contributed by atoms with E-state index in [2.05, 4.69) is 5.10 Å². The molecule has 1 atom stereocenters. The van der Waals surface area contributed by atoms with E-state index in [-0.39, 0.29) is 24.6 Å². The minimum atomic E-state index is -0.912. The van der Waals surface area contributed by atoms with E-state index in [1.54, 1.807) is 18.2 Å². The summed E-state index contributed by atoms with van der Waals surface area (Å²) in [5.41, 5.74) is 2.58. The van der Waals surface area contributed by atoms with Crippen LogP contribution in [0, 0.1) is 13.8 Å². The number of hydrogen-bond acceptors (Lipinski definition) is 7. The number of ketones is 1. The first kappa shape index (κ1) is 19.8. The van der Waals surface area contributed by atoms with Gasteiger partial charge in [-0.15, -0.1) is 16.4 Å². The Morgan fingerprint density at radius 3 is 2.71 bits per heavy atom. The highest BCUT2D eigenvalue weighted by Crippen LogP contribution is 2.21. The van der Waals surface area contributed by atoms with E-state index in [0.29, 0.717) is 5.56 Å². The summed E-state index contributed by atoms with van der Waals surface area (Å²) < 4.78 is 11.4. The molecule has 0 saturated heterocycles. The number of carbonyl (C=O) groups excluding carboxylic acids is 2. The molecule has 0 amide bonds. The van der Waals surface area contributed by atoms with Gasteiger partial charge in [-0.1, -0.05) is 18.2 Å². The van der Waals surface area contributed by atoms with Crippen molar-refractivity contribution < 1.29 is 18.7 Å². The molecule has 7 nitrogen and oxygen atoms in total. The van der Waals surface area contributed by atoms with Crippen LogP contribution < -0.4 is 5.76 Å². The van der Waals surface area contributed by atoms with Crippen LogP contribution in [-0.4, -0.2) is 27.6 Å². The molecule has 3 rings (SSSR count). The number of carbonyl (C=O) groups is 2. The van der Waals surface area contributed by atoms with E-state index in [0.717, 1.165) is 20.7 Å². The average molecular weight is 400 g/mol. The normalized spacial score (nSPS) is 12.0. The summed E-state index contributed by atoms with van der Waals surface area (Å²) in [6.07, 6.45) is -1.01. The zero-order chi connectivity index (χ0) is 20.3. The van der Waals surface area contributed by atoms with Crippen LogP contribution in [0.15, 0.2) is 44.9 Å². The lowest BCUT2D eigenvalue weighted by Gasteiger charge is -2.13. The lowest BCUT2D eigenvalue weighted by atomic mass is 10.0. The number of aromatic nitrogens is 2. The number of esters is 1. The third-order valence-corrected chi connectivity index (χ3v) is 5.19. The van der Waals surface area contributed by atoms with Gasteiger partial charge in [0.2, 0.25) is 5.78 Å². The SMILES string of the molecule is Cc1ccc(C(=O)[C@@H](C)OC(=O)CCn2nc(-c3cccs3)oc2=O)cc1C. The summed E-state index contributed by atoms with van der Waals surface area (Å²) in [7, 11) is 0. The fourth-order valence-electron chi connectivity index (χ4n) is 2.58. The van der Waals surface area contributed by atoms with Gasteiger partial charge in [-0.2, -0.15) is 4.68 Å². The van der Waals surface area contributed by atoms with Gasteiger partial charge in [-0.3, -0.25) is 9.59 Å². The molecule has 0 saturated carbocycles. The number of thiophene rings is 1. The molecule has 0 aliphatic rings. The van der Waals surface area contributed by atoms with Crippen LogP contribution in [-0.2, 0) is 16.1 Å². The van der Waals surface area contributed by atoms with Crippen molar-refractivity contribution in [2.75, 3.05) is 0 Å². The Labute approximate surface area is 165 Å². The molecule has 2 aromatic heterocycles. The number of nitrogens with zero attached hydrogens (tertiary/aromatic N) is 2. The quantitative estimate of drug-likeness (QED) is 0.446. The number of benzene rings is 1. The average Bonchev–Trinajstić information content (AvgIpc) is 3.31. The third-order valence-electron chi connectivity index (χ3n) is 4.33. The van der Waals surface area contributed by atoms with Gasteiger partial charge in [0.25, 0.3) is 5.89 Å². The molecular formula is C20H20N2O5S. The van der Waals surface area contributed by atoms with E-state index in [4.69, 9.17) is 9.15 Å². The molecule has 0 spiro atoms. The van der Waals surface area contributed by atoms with E-state index < -0.39 is 17.8 Å². The van der Waals surface area contributed by atoms with Crippen molar-refractivity contribution in [3.05, 3.63) is 63.0 Å². The molecule has 0 fully saturated rings. The summed E-state index contributed by atoms with van der Waals surface area (Å²) in [6, 6.07) is 8.97. The fraction of sp³-hybridized carbons (Fsp3) is 0.300. The number of rotatable bonds is 7. The van der Waals surface area contributed by atoms with Crippen molar-refractivity contribution in [1.82, 2.24) is 9.78 Å². The second kappa shape index (κ2) is 8.35. The second-order valence-corrected chi connectivity index (χ2v) is 7.37. The largest absolute Gasteiger partial charge is 0.454 e. The fourth-order valence-corrected chi connectivity index (χ4v) is 3.23. The van der Waals surface area contributed by atoms with Crippen molar-refractivity contribution in [1.29, 1.82) is 0 Å². The van der Waals surface area contributed by atoms with Crippen LogP contribution in [0.2, 0.25) is 0 Å². The Kier molecular flexibility index (Phi) is 5.89. The first-order chi connectivity index (χ1) is 13.3. The van der Waals surface area contributed by atoms with Crippen LogP contribution in [0.4, 0.5) is 0 Å². The van der Waals surface area contributed by atoms with Gasteiger partial charge < -0.3 is 9.15 Å². The predicted molar refractivity (Wildman–Crippen MR) is 104 cm³/mol. The lowest BCUT2D eigenvalue weighted by molar-refractivity contribution is -0.146. The van der Waals surface area contributed by atoms with Crippen molar-refractivity contribution in [2.24, 2.45) is 0 Å². The van der Waals surface area contributed by atoms with E-state index in [9.17, 15) is 14.4 Å². The van der Waals surface area contributed by atoms with Gasteiger partial charge in [-0.25, -0.2) is 4.79 Å². The second-order valence-electron chi connectivity index (χ2n) is 6.42. The van der Waals surface area contributed by atoms with Crippen LogP contribution in [0.25, 0.3) is 10.8 Å². The molecule has 0 N–H and O–H groups in total. The molecule has 0 bridgehead atoms. The standard InChI is InChI=1S/C20H20N2O5S/c1-12-6-7-15(11-13(12)2)18(24)14(3)26-17(23)8-9-22-20(25)27-19(21-22)16-5-4-10-28-16/h4-7,10-11,14H,8-9H2,1-3H3/t14-/m1/s1. The van der Waals surface area contributed by atoms with Crippen molar-refractivity contribution >= 4 is 23.1 Å². The van der Waals surface area contributed by atoms with Crippen LogP contribution in [0.5, 0.6) is 0 Å². The van der Waals surface area contributed by atoms with Crippen LogP contribution in [0.1, 0.15) is 34.8 Å². The lowest BCUT2D eigenvalue weighted by Crippen LogP contribution is -2.26. The molecule has 2 heterocycles. The van der Waals surface area contributed by atoms with Gasteiger partial charge in [0.15, 0.2) is 6.10 Å². The Bertz CT molecular complexity index is 1050. The Hall–Kier alpha value is -3.00. The van der Waals surface area contributed by atoms with Gasteiger partial charge in [0.1, 0.15) is 0 Å². The number of aryl methyl sites for hydroxylation is 3. The Morgan fingerprint density at radius 2 is 2.04 bits per heavy atom. The smallest absolute Gasteiger partial charge is 0.437 e. The van der Waals surface area contributed by atoms with E-state index >= 15 is 0 Å². The highest BCUT2D eigenvalue weighted by atomic mass is 32.1. The molecule has 0 unspecified atom stereocenters. The number of Topliss-reactive ketones (excluding diaryl/α,β-unsaturated/α-hetero) is 1. The summed E-state index contributed by atoms with van der Waals surface area (Å²) in [5.74, 6) is -1.28. The summed E-state index contributed by atoms with van der Waals surface area (Å²) in [4.78, 5) is 37.1. The highest BCUT2D eigenvalue weighted by molar-refractivity contribution is 7.13. The van der Waals surface area contributed by atoms with E-state index in [1.165, 1.54) is 18.3 Å². The maximum atomic E-state index is 12.4. The van der Waals surface area contributed by atoms with Gasteiger partial charge in [0.05, 0.1) is 17.8 Å². The molecular weight excluding hydrogens is 380 g/mol. The van der Waals surface area contributed by atoms with Crippen LogP contribution >= 0.6 is 11.3 Å². The maximum absolute atomic E-state index is 12.4. The molecule has 8 heteroatoms. The van der Waals surface area contributed by atoms with E-state index in [1.807, 2.05) is 31.4 Å². The first-order valence-electron chi connectivity index (χ1n) is 8.78. The van der Waals surface area contributed by atoms with Gasteiger partial charge in [0, 0.05) is 5.56 Å². The minimum Gasteiger partial charge on any atom is -0.454 e. The molecule has 3 aromatic rings. The highest BCUT2D eigenvalue weighted by Gasteiger charge is 2.20. The summed E-state index contributed by atoms with van der Waals surface area (Å²) in [6.45, 7) is 5.43. The van der Waals surface area contributed by atoms with Crippen molar-refractivity contribution in [2.45, 2.75) is 39.8 Å². The molecule has 28 heavy (non-hydrogen) atoms. The molecule has 0 aliphatic heterocycles. The zero-order valence-electron chi connectivity index (χ0n) is 15.8. The van der Waals surface area contributed by atoms with Gasteiger partial charge in [-0.05, 0) is 49.4 Å². The first-order valence-corrected chi connectivity index (χ1v) is 9.66. The number of ether oxygens (including phenoxy) is 1. The molecule has 146 valence electrons. The topological polar surface area (TPSA) is 91.4 Å². The molecule has 0 radical (unpaired) electrons.